The highest BCUT2D eigenvalue weighted by atomic mass is 16.6. The molecule has 5 nitrogen and oxygen atoms in total. The average molecular weight is 316 g/mol. The van der Waals surface area contributed by atoms with Crippen LogP contribution in [-0.4, -0.2) is 29.8 Å². The van der Waals surface area contributed by atoms with E-state index < -0.39 is 5.60 Å². The second kappa shape index (κ2) is 5.80. The third-order valence-corrected chi connectivity index (χ3v) is 4.12. The summed E-state index contributed by atoms with van der Waals surface area (Å²) in [6.45, 7) is 5.62. The first kappa shape index (κ1) is 15.7. The number of hydrogen-bond acceptors (Lipinski definition) is 3. The van der Waals surface area contributed by atoms with Crippen LogP contribution in [0.5, 0.6) is 5.75 Å². The fraction of sp³-hybridized carbons (Fsp3) is 0.500. The lowest BCUT2D eigenvalue weighted by molar-refractivity contribution is 0.0500. The molecule has 1 unspecified atom stereocenters. The van der Waals surface area contributed by atoms with Gasteiger partial charge in [0.15, 0.2) is 0 Å². The molecule has 3 rings (SSSR count). The summed E-state index contributed by atoms with van der Waals surface area (Å²) >= 11 is 0. The van der Waals surface area contributed by atoms with Crippen molar-refractivity contribution in [3.63, 3.8) is 0 Å². The van der Waals surface area contributed by atoms with E-state index in [1.165, 1.54) is 16.6 Å². The van der Waals surface area contributed by atoms with Crippen molar-refractivity contribution in [1.82, 2.24) is 10.3 Å². The van der Waals surface area contributed by atoms with Crippen LogP contribution < -0.4 is 10.1 Å². The number of alkyl carbamates (subject to hydrolysis) is 1. The lowest BCUT2D eigenvalue weighted by Gasteiger charge is -2.26. The van der Waals surface area contributed by atoms with Gasteiger partial charge in [0.25, 0.3) is 0 Å². The molecular weight excluding hydrogens is 292 g/mol. The maximum atomic E-state index is 12.0. The molecule has 1 aliphatic carbocycles. The molecule has 1 heterocycles. The summed E-state index contributed by atoms with van der Waals surface area (Å²) in [5.74, 6) is 0.849. The quantitative estimate of drug-likeness (QED) is 0.890. The molecule has 1 aliphatic rings. The Morgan fingerprint density at radius 2 is 2.13 bits per heavy atom. The Labute approximate surface area is 136 Å². The second-order valence-electron chi connectivity index (χ2n) is 7.08. The summed E-state index contributed by atoms with van der Waals surface area (Å²) < 4.78 is 10.7. The summed E-state index contributed by atoms with van der Waals surface area (Å²) in [7, 11) is 1.67. The number of fused-ring (bicyclic) bond motifs is 3. The second-order valence-corrected chi connectivity index (χ2v) is 7.08. The summed E-state index contributed by atoms with van der Waals surface area (Å²) in [6.07, 6.45) is 2.30. The number of carbonyl (C=O) groups is 1. The molecule has 0 aliphatic heterocycles. The number of amides is 1. The predicted molar refractivity (Wildman–Crippen MR) is 90.0 cm³/mol. The lowest BCUT2D eigenvalue weighted by atomic mass is 9.91. The van der Waals surface area contributed by atoms with Crippen LogP contribution in [0.4, 0.5) is 4.79 Å². The fourth-order valence-electron chi connectivity index (χ4n) is 3.12. The molecule has 1 aromatic carbocycles. The first-order valence-corrected chi connectivity index (χ1v) is 8.03. The van der Waals surface area contributed by atoms with Gasteiger partial charge < -0.3 is 19.8 Å². The van der Waals surface area contributed by atoms with E-state index in [4.69, 9.17) is 9.47 Å². The van der Waals surface area contributed by atoms with E-state index in [0.29, 0.717) is 0 Å². The monoisotopic (exact) mass is 316 g/mol. The standard InChI is InChI=1S/C18H24N2O3/c1-18(2,3)23-17(21)19-11-5-7-15-13(9-11)14-10-12(22-4)6-8-16(14)20-15/h6,8,10-11,20H,5,7,9H2,1-4H3,(H,19,21). The molecule has 1 atom stereocenters. The largest absolute Gasteiger partial charge is 0.497 e. The van der Waals surface area contributed by atoms with Crippen molar-refractivity contribution in [1.29, 1.82) is 0 Å². The van der Waals surface area contributed by atoms with Gasteiger partial charge in [-0.3, -0.25) is 0 Å². The Morgan fingerprint density at radius 1 is 1.35 bits per heavy atom. The topological polar surface area (TPSA) is 63.3 Å². The summed E-state index contributed by atoms with van der Waals surface area (Å²) in [5.41, 5.74) is 3.17. The summed E-state index contributed by atoms with van der Waals surface area (Å²) in [4.78, 5) is 15.5. The minimum atomic E-state index is -0.474. The number of benzene rings is 1. The van der Waals surface area contributed by atoms with E-state index in [0.717, 1.165) is 30.5 Å². The Kier molecular flexibility index (Phi) is 3.96. The number of H-pyrrole nitrogens is 1. The van der Waals surface area contributed by atoms with Gasteiger partial charge in [0.2, 0.25) is 0 Å². The molecule has 1 aromatic heterocycles. The van der Waals surface area contributed by atoms with Crippen LogP contribution in [0.2, 0.25) is 0 Å². The van der Waals surface area contributed by atoms with Gasteiger partial charge in [0, 0.05) is 22.6 Å². The molecule has 0 spiro atoms. The lowest BCUT2D eigenvalue weighted by Crippen LogP contribution is -2.41. The number of methoxy groups -OCH3 is 1. The number of carbonyl (C=O) groups excluding carboxylic acids is 1. The van der Waals surface area contributed by atoms with E-state index in [1.54, 1.807) is 7.11 Å². The zero-order chi connectivity index (χ0) is 16.6. The van der Waals surface area contributed by atoms with E-state index in [2.05, 4.69) is 16.4 Å². The van der Waals surface area contributed by atoms with Gasteiger partial charge in [-0.05, 0) is 63.8 Å². The van der Waals surface area contributed by atoms with Gasteiger partial charge >= 0.3 is 6.09 Å². The Balaban J connectivity index is 1.78. The van der Waals surface area contributed by atoms with Crippen LogP contribution in [0, 0.1) is 0 Å². The third-order valence-electron chi connectivity index (χ3n) is 4.12. The molecule has 0 radical (unpaired) electrons. The highest BCUT2D eigenvalue weighted by Gasteiger charge is 2.25. The predicted octanol–water partition coefficient (Wildman–Crippen LogP) is 3.56. The maximum Gasteiger partial charge on any atom is 0.407 e. The van der Waals surface area contributed by atoms with E-state index in [1.807, 2.05) is 32.9 Å². The number of ether oxygens (including phenoxy) is 2. The maximum absolute atomic E-state index is 12.0. The van der Waals surface area contributed by atoms with Crippen molar-refractivity contribution in [2.75, 3.05) is 7.11 Å². The number of aryl methyl sites for hydroxylation is 1. The molecule has 2 N–H and O–H groups in total. The smallest absolute Gasteiger partial charge is 0.407 e. The van der Waals surface area contributed by atoms with Gasteiger partial charge in [-0.1, -0.05) is 0 Å². The van der Waals surface area contributed by atoms with E-state index in [9.17, 15) is 4.79 Å². The molecule has 5 heteroatoms. The summed E-state index contributed by atoms with van der Waals surface area (Å²) in [5, 5.41) is 4.17. The molecule has 0 fully saturated rings. The molecule has 23 heavy (non-hydrogen) atoms. The van der Waals surface area contributed by atoms with E-state index >= 15 is 0 Å². The third kappa shape index (κ3) is 3.44. The van der Waals surface area contributed by atoms with Crippen LogP contribution in [-0.2, 0) is 17.6 Å². The molecule has 0 saturated heterocycles. The van der Waals surface area contributed by atoms with Gasteiger partial charge in [0.1, 0.15) is 11.4 Å². The minimum Gasteiger partial charge on any atom is -0.497 e. The number of rotatable bonds is 2. The average Bonchev–Trinajstić information content (AvgIpc) is 2.82. The van der Waals surface area contributed by atoms with Gasteiger partial charge in [-0.2, -0.15) is 0 Å². The molecule has 124 valence electrons. The Hall–Kier alpha value is -2.17. The van der Waals surface area contributed by atoms with Crippen molar-refractivity contribution in [2.24, 2.45) is 0 Å². The highest BCUT2D eigenvalue weighted by molar-refractivity contribution is 5.86. The van der Waals surface area contributed by atoms with Crippen molar-refractivity contribution in [3.8, 4) is 5.75 Å². The van der Waals surface area contributed by atoms with Gasteiger partial charge in [-0.25, -0.2) is 4.79 Å². The van der Waals surface area contributed by atoms with Gasteiger partial charge in [-0.15, -0.1) is 0 Å². The van der Waals surface area contributed by atoms with Crippen molar-refractivity contribution in [3.05, 3.63) is 29.5 Å². The summed E-state index contributed by atoms with van der Waals surface area (Å²) in [6, 6.07) is 6.16. The molecule has 2 aromatic rings. The number of aromatic nitrogens is 1. The SMILES string of the molecule is COc1ccc2[nH]c3c(c2c1)CC(NC(=O)OC(C)(C)C)CC3. The molecular formula is C18H24N2O3. The first-order chi connectivity index (χ1) is 10.9. The van der Waals surface area contributed by atoms with Crippen LogP contribution in [0.25, 0.3) is 10.9 Å². The van der Waals surface area contributed by atoms with Crippen molar-refractivity contribution < 1.29 is 14.3 Å². The van der Waals surface area contributed by atoms with Gasteiger partial charge in [0.05, 0.1) is 7.11 Å². The van der Waals surface area contributed by atoms with Crippen LogP contribution in [0.15, 0.2) is 18.2 Å². The Bertz CT molecular complexity index is 728. The molecule has 1 amide bonds. The number of aromatic amines is 1. The fourth-order valence-corrected chi connectivity index (χ4v) is 3.12. The minimum absolute atomic E-state index is 0.0996. The molecule has 0 bridgehead atoms. The zero-order valence-corrected chi connectivity index (χ0v) is 14.2. The van der Waals surface area contributed by atoms with E-state index in [-0.39, 0.29) is 12.1 Å². The molecule has 0 saturated carbocycles. The number of hydrogen-bond donors (Lipinski definition) is 2. The first-order valence-electron chi connectivity index (χ1n) is 8.03. The van der Waals surface area contributed by atoms with Crippen LogP contribution in [0.1, 0.15) is 38.4 Å². The Morgan fingerprint density at radius 3 is 2.83 bits per heavy atom. The van der Waals surface area contributed by atoms with Crippen LogP contribution in [0.3, 0.4) is 0 Å². The van der Waals surface area contributed by atoms with Crippen molar-refractivity contribution >= 4 is 17.0 Å². The number of nitrogens with one attached hydrogen (secondary N) is 2. The highest BCUT2D eigenvalue weighted by Crippen LogP contribution is 2.31. The zero-order valence-electron chi connectivity index (χ0n) is 14.2. The van der Waals surface area contributed by atoms with Crippen molar-refractivity contribution in [2.45, 2.75) is 51.7 Å². The van der Waals surface area contributed by atoms with Crippen LogP contribution >= 0.6 is 0 Å². The normalized spacial score (nSPS) is 17.7.